The molecule has 1 aliphatic rings. The molecule has 3 rings (SSSR count). The lowest BCUT2D eigenvalue weighted by Gasteiger charge is -2.35. The van der Waals surface area contributed by atoms with Crippen LogP contribution in [0.25, 0.3) is 0 Å². The van der Waals surface area contributed by atoms with Crippen LogP contribution in [-0.4, -0.2) is 51.6 Å². The number of ether oxygens (including phenoxy) is 1. The minimum absolute atomic E-state index is 0.0280. The largest absolute Gasteiger partial charge is 0.375 e. The van der Waals surface area contributed by atoms with Crippen LogP contribution in [0.2, 0.25) is 0 Å². The molecule has 3 heterocycles. The van der Waals surface area contributed by atoms with E-state index in [0.29, 0.717) is 17.6 Å². The second kappa shape index (κ2) is 7.94. The van der Waals surface area contributed by atoms with Crippen molar-refractivity contribution in [3.8, 4) is 0 Å². The number of rotatable bonds is 5. The summed E-state index contributed by atoms with van der Waals surface area (Å²) in [6.07, 6.45) is 4.09. The molecule has 2 aromatic heterocycles. The van der Waals surface area contributed by atoms with E-state index in [1.807, 2.05) is 6.92 Å². The molecule has 2 aromatic rings. The van der Waals surface area contributed by atoms with Crippen molar-refractivity contribution in [3.63, 3.8) is 0 Å². The third-order valence-corrected chi connectivity index (χ3v) is 4.90. The maximum atomic E-state index is 13.0. The van der Waals surface area contributed by atoms with Crippen LogP contribution in [-0.2, 0) is 16.1 Å². The molecular weight excluding hydrogens is 345 g/mol. The van der Waals surface area contributed by atoms with E-state index in [2.05, 4.69) is 25.2 Å². The van der Waals surface area contributed by atoms with Gasteiger partial charge in [-0.2, -0.15) is 0 Å². The molecule has 25 heavy (non-hydrogen) atoms. The number of hydrogen-bond donors (Lipinski definition) is 1. The Balaban J connectivity index is 1.60. The zero-order valence-electron chi connectivity index (χ0n) is 14.1. The fourth-order valence-corrected chi connectivity index (χ4v) is 3.61. The van der Waals surface area contributed by atoms with Crippen LogP contribution in [0.5, 0.6) is 0 Å². The first-order valence-electron chi connectivity index (χ1n) is 8.05. The minimum Gasteiger partial charge on any atom is -0.375 e. The number of carbonyl (C=O) groups is 1. The highest BCUT2D eigenvalue weighted by molar-refractivity contribution is 7.15. The zero-order valence-corrected chi connectivity index (χ0v) is 14.9. The van der Waals surface area contributed by atoms with Crippen molar-refractivity contribution in [1.29, 1.82) is 0 Å². The lowest BCUT2D eigenvalue weighted by molar-refractivity contribution is -0.114. The van der Waals surface area contributed by atoms with Gasteiger partial charge in [-0.05, 0) is 0 Å². The number of carbonyl (C=O) groups excluding carboxylic acids is 1. The van der Waals surface area contributed by atoms with E-state index in [4.69, 9.17) is 4.74 Å². The Hall–Kier alpha value is -1.97. The van der Waals surface area contributed by atoms with Crippen molar-refractivity contribution in [2.24, 2.45) is 0 Å². The predicted molar refractivity (Wildman–Crippen MR) is 91.8 cm³/mol. The molecule has 134 valence electrons. The Kier molecular flexibility index (Phi) is 5.67. The second-order valence-corrected chi connectivity index (χ2v) is 7.12. The molecule has 1 fully saturated rings. The average molecular weight is 365 g/mol. The summed E-state index contributed by atoms with van der Waals surface area (Å²) >= 11 is 1.47. The van der Waals surface area contributed by atoms with Gasteiger partial charge in [0.15, 0.2) is 10.9 Å². The van der Waals surface area contributed by atoms with E-state index in [9.17, 15) is 9.18 Å². The van der Waals surface area contributed by atoms with Crippen molar-refractivity contribution in [3.05, 3.63) is 35.1 Å². The van der Waals surface area contributed by atoms with Crippen molar-refractivity contribution in [2.75, 3.05) is 25.0 Å². The smallest absolute Gasteiger partial charge is 0.223 e. The van der Waals surface area contributed by atoms with Gasteiger partial charge >= 0.3 is 0 Å². The molecule has 0 unspecified atom stereocenters. The van der Waals surface area contributed by atoms with Crippen LogP contribution in [0, 0.1) is 5.82 Å². The van der Waals surface area contributed by atoms with Crippen molar-refractivity contribution in [2.45, 2.75) is 32.4 Å². The normalized spacial score (nSPS) is 19.6. The summed E-state index contributed by atoms with van der Waals surface area (Å²) in [4.78, 5) is 26.8. The Labute approximate surface area is 149 Å². The van der Waals surface area contributed by atoms with Gasteiger partial charge in [0.25, 0.3) is 0 Å². The summed E-state index contributed by atoms with van der Waals surface area (Å²) < 4.78 is 18.8. The number of thiazole rings is 1. The third kappa shape index (κ3) is 4.77. The molecule has 0 bridgehead atoms. The highest BCUT2D eigenvalue weighted by Crippen LogP contribution is 2.24. The number of halogens is 1. The highest BCUT2D eigenvalue weighted by atomic mass is 32.1. The Morgan fingerprint density at radius 3 is 2.92 bits per heavy atom. The lowest BCUT2D eigenvalue weighted by atomic mass is 10.0. The number of amides is 1. The summed E-state index contributed by atoms with van der Waals surface area (Å²) in [6, 6.07) is 0. The topological polar surface area (TPSA) is 80.2 Å². The highest BCUT2D eigenvalue weighted by Gasteiger charge is 2.28. The van der Waals surface area contributed by atoms with Crippen LogP contribution >= 0.6 is 11.3 Å². The first-order valence-corrected chi connectivity index (χ1v) is 8.86. The molecule has 0 aromatic carbocycles. The monoisotopic (exact) mass is 365 g/mol. The molecule has 1 N–H and O–H groups in total. The quantitative estimate of drug-likeness (QED) is 0.873. The molecule has 0 radical (unpaired) electrons. The minimum atomic E-state index is -0.442. The molecule has 0 saturated carbocycles. The SMILES string of the molecule is CC(=O)Nc1ncc(CN2CCO[C@H]([C@H](C)c3ncc(F)cn3)C2)s1. The summed E-state index contributed by atoms with van der Waals surface area (Å²) in [5, 5.41) is 3.31. The van der Waals surface area contributed by atoms with Crippen LogP contribution in [0.4, 0.5) is 9.52 Å². The van der Waals surface area contributed by atoms with Crippen molar-refractivity contribution >= 4 is 22.4 Å². The first-order chi connectivity index (χ1) is 12.0. The molecule has 7 nitrogen and oxygen atoms in total. The van der Waals surface area contributed by atoms with Gasteiger partial charge < -0.3 is 10.1 Å². The first kappa shape index (κ1) is 17.8. The Morgan fingerprint density at radius 2 is 2.20 bits per heavy atom. The summed E-state index contributed by atoms with van der Waals surface area (Å²) in [5.41, 5.74) is 0. The maximum absolute atomic E-state index is 13.0. The number of morpholine rings is 1. The fourth-order valence-electron chi connectivity index (χ4n) is 2.71. The van der Waals surface area contributed by atoms with Gasteiger partial charge in [-0.3, -0.25) is 9.69 Å². The van der Waals surface area contributed by atoms with Gasteiger partial charge in [0.05, 0.1) is 25.1 Å². The third-order valence-electron chi connectivity index (χ3n) is 4.00. The molecule has 1 amide bonds. The number of nitrogens with zero attached hydrogens (tertiary/aromatic N) is 4. The summed E-state index contributed by atoms with van der Waals surface area (Å²) in [5.74, 6) is -0.0124. The average Bonchev–Trinajstić information content (AvgIpc) is 3.01. The van der Waals surface area contributed by atoms with E-state index in [1.165, 1.54) is 30.7 Å². The number of aromatic nitrogens is 3. The van der Waals surface area contributed by atoms with Crippen LogP contribution in [0.1, 0.15) is 30.5 Å². The molecule has 0 aliphatic carbocycles. The fraction of sp³-hybridized carbons (Fsp3) is 0.500. The molecular formula is C16H20FN5O2S. The predicted octanol–water partition coefficient (Wildman–Crippen LogP) is 2.04. The van der Waals surface area contributed by atoms with Crippen LogP contribution in [0.3, 0.4) is 0 Å². The number of hydrogen-bond acceptors (Lipinski definition) is 7. The van der Waals surface area contributed by atoms with Gasteiger partial charge in [0.2, 0.25) is 5.91 Å². The van der Waals surface area contributed by atoms with Crippen LogP contribution < -0.4 is 5.32 Å². The van der Waals surface area contributed by atoms with Crippen LogP contribution in [0.15, 0.2) is 18.6 Å². The van der Waals surface area contributed by atoms with E-state index < -0.39 is 5.82 Å². The van der Waals surface area contributed by atoms with E-state index in [-0.39, 0.29) is 17.9 Å². The Bertz CT molecular complexity index is 724. The van der Waals surface area contributed by atoms with Gasteiger partial charge in [-0.25, -0.2) is 19.3 Å². The zero-order chi connectivity index (χ0) is 17.8. The second-order valence-electron chi connectivity index (χ2n) is 6.01. The van der Waals surface area contributed by atoms with Gasteiger partial charge in [0.1, 0.15) is 5.82 Å². The molecule has 1 saturated heterocycles. The number of anilines is 1. The Morgan fingerprint density at radius 1 is 1.44 bits per heavy atom. The maximum Gasteiger partial charge on any atom is 0.223 e. The van der Waals surface area contributed by atoms with Gasteiger partial charge in [-0.15, -0.1) is 11.3 Å². The molecule has 9 heteroatoms. The standard InChI is InChI=1S/C16H20FN5O2S/c1-10(15-18-5-12(17)6-19-15)14-9-22(3-4-24-14)8-13-7-20-16(25-13)21-11(2)23/h5-7,10,14H,3-4,8-9H2,1-2H3,(H,20,21,23)/t10-,14-/m0/s1. The van der Waals surface area contributed by atoms with E-state index in [0.717, 1.165) is 24.5 Å². The summed E-state index contributed by atoms with van der Waals surface area (Å²) in [6.45, 7) is 6.37. The van der Waals surface area contributed by atoms with Crippen molar-refractivity contribution < 1.29 is 13.9 Å². The van der Waals surface area contributed by atoms with Gasteiger partial charge in [0, 0.05) is 43.5 Å². The lowest BCUT2D eigenvalue weighted by Crippen LogP contribution is -2.44. The molecule has 1 aliphatic heterocycles. The van der Waals surface area contributed by atoms with E-state index in [1.54, 1.807) is 6.20 Å². The van der Waals surface area contributed by atoms with Gasteiger partial charge in [-0.1, -0.05) is 6.92 Å². The molecule has 2 atom stereocenters. The van der Waals surface area contributed by atoms with Crippen molar-refractivity contribution in [1.82, 2.24) is 19.9 Å². The molecule has 0 spiro atoms. The van der Waals surface area contributed by atoms with E-state index >= 15 is 0 Å². The number of nitrogens with one attached hydrogen (secondary N) is 1. The summed E-state index contributed by atoms with van der Waals surface area (Å²) in [7, 11) is 0.